The fourth-order valence-corrected chi connectivity index (χ4v) is 2.32. The highest BCUT2D eigenvalue weighted by atomic mass is 35.5. The van der Waals surface area contributed by atoms with Crippen LogP contribution in [-0.2, 0) is 0 Å². The van der Waals surface area contributed by atoms with Crippen molar-refractivity contribution in [3.63, 3.8) is 0 Å². The van der Waals surface area contributed by atoms with Crippen LogP contribution in [-0.4, -0.2) is 12.2 Å². The summed E-state index contributed by atoms with van der Waals surface area (Å²) in [4.78, 5) is 0. The number of benzene rings is 2. The maximum absolute atomic E-state index is 13.4. The molecule has 0 aromatic heterocycles. The van der Waals surface area contributed by atoms with Crippen LogP contribution < -0.4 is 4.74 Å². The van der Waals surface area contributed by atoms with Gasteiger partial charge in [0.05, 0.1) is 12.1 Å². The molecule has 1 unspecified atom stereocenters. The van der Waals surface area contributed by atoms with E-state index < -0.39 is 6.10 Å². The zero-order valence-corrected chi connectivity index (χ0v) is 11.4. The zero-order valence-electron chi connectivity index (χ0n) is 10.7. The third-order valence-electron chi connectivity index (χ3n) is 2.89. The van der Waals surface area contributed by atoms with E-state index in [1.54, 1.807) is 31.2 Å². The van der Waals surface area contributed by atoms with Crippen LogP contribution in [0.1, 0.15) is 22.8 Å². The Labute approximate surface area is 116 Å². The molecule has 1 N–H and O–H groups in total. The van der Waals surface area contributed by atoms with Crippen LogP contribution in [0.15, 0.2) is 36.4 Å². The first-order chi connectivity index (χ1) is 9.02. The van der Waals surface area contributed by atoms with Crippen LogP contribution in [0, 0.1) is 12.7 Å². The van der Waals surface area contributed by atoms with Gasteiger partial charge in [0.15, 0.2) is 0 Å². The second-order valence-electron chi connectivity index (χ2n) is 4.32. The minimum atomic E-state index is -1.03. The van der Waals surface area contributed by atoms with Crippen molar-refractivity contribution in [1.29, 1.82) is 0 Å². The summed E-state index contributed by atoms with van der Waals surface area (Å²) in [5, 5.41) is 10.8. The Morgan fingerprint density at radius 2 is 2.00 bits per heavy atom. The predicted molar refractivity (Wildman–Crippen MR) is 73.2 cm³/mol. The third kappa shape index (κ3) is 2.88. The van der Waals surface area contributed by atoms with Gasteiger partial charge in [-0.25, -0.2) is 4.39 Å². The van der Waals surface area contributed by atoms with Crippen LogP contribution in [0.4, 0.5) is 4.39 Å². The SMILES string of the molecule is COc1cccc(Cl)c1C(O)c1cc(C)cc(F)c1. The Morgan fingerprint density at radius 1 is 1.26 bits per heavy atom. The van der Waals surface area contributed by atoms with E-state index in [2.05, 4.69) is 0 Å². The molecule has 2 rings (SSSR count). The number of rotatable bonds is 3. The molecule has 0 saturated heterocycles. The van der Waals surface area contributed by atoms with Crippen molar-refractivity contribution in [3.05, 3.63) is 63.9 Å². The lowest BCUT2D eigenvalue weighted by Gasteiger charge is -2.17. The summed E-state index contributed by atoms with van der Waals surface area (Å²) >= 11 is 6.10. The minimum Gasteiger partial charge on any atom is -0.496 e. The lowest BCUT2D eigenvalue weighted by Crippen LogP contribution is -2.04. The topological polar surface area (TPSA) is 29.5 Å². The molecule has 0 aliphatic carbocycles. The van der Waals surface area contributed by atoms with Crippen molar-refractivity contribution in [3.8, 4) is 5.75 Å². The van der Waals surface area contributed by atoms with E-state index in [0.717, 1.165) is 5.56 Å². The minimum absolute atomic E-state index is 0.383. The van der Waals surface area contributed by atoms with Crippen LogP contribution in [0.2, 0.25) is 5.02 Å². The highest BCUT2D eigenvalue weighted by molar-refractivity contribution is 6.31. The van der Waals surface area contributed by atoms with Gasteiger partial charge in [-0.15, -0.1) is 0 Å². The number of aryl methyl sites for hydroxylation is 1. The average Bonchev–Trinajstić information content (AvgIpc) is 2.36. The highest BCUT2D eigenvalue weighted by Crippen LogP contribution is 2.35. The molecule has 4 heteroatoms. The first-order valence-electron chi connectivity index (χ1n) is 5.80. The molecule has 0 fully saturated rings. The van der Waals surface area contributed by atoms with Crippen molar-refractivity contribution in [2.45, 2.75) is 13.0 Å². The number of hydrogen-bond acceptors (Lipinski definition) is 2. The fraction of sp³-hybridized carbons (Fsp3) is 0.200. The zero-order chi connectivity index (χ0) is 14.0. The van der Waals surface area contributed by atoms with Gasteiger partial charge in [0.1, 0.15) is 17.7 Å². The van der Waals surface area contributed by atoms with Gasteiger partial charge in [0.25, 0.3) is 0 Å². The van der Waals surface area contributed by atoms with E-state index in [4.69, 9.17) is 16.3 Å². The van der Waals surface area contributed by atoms with Crippen molar-refractivity contribution >= 4 is 11.6 Å². The van der Waals surface area contributed by atoms with E-state index in [-0.39, 0.29) is 5.82 Å². The summed E-state index contributed by atoms with van der Waals surface area (Å²) in [6.07, 6.45) is -1.03. The molecule has 0 bridgehead atoms. The molecule has 0 aliphatic rings. The molecule has 2 nitrogen and oxygen atoms in total. The molecule has 0 saturated carbocycles. The maximum Gasteiger partial charge on any atom is 0.126 e. The second kappa shape index (κ2) is 5.59. The largest absolute Gasteiger partial charge is 0.496 e. The molecule has 100 valence electrons. The van der Waals surface area contributed by atoms with E-state index in [9.17, 15) is 9.50 Å². The number of aliphatic hydroxyl groups is 1. The first-order valence-corrected chi connectivity index (χ1v) is 6.18. The van der Waals surface area contributed by atoms with Crippen LogP contribution in [0.5, 0.6) is 5.75 Å². The van der Waals surface area contributed by atoms with E-state index in [1.165, 1.54) is 19.2 Å². The Morgan fingerprint density at radius 3 is 2.63 bits per heavy atom. The summed E-state index contributed by atoms with van der Waals surface area (Å²) in [5.74, 6) is 0.0852. The van der Waals surface area contributed by atoms with Gasteiger partial charge >= 0.3 is 0 Å². The van der Waals surface area contributed by atoms with Gasteiger partial charge in [-0.1, -0.05) is 23.7 Å². The van der Waals surface area contributed by atoms with E-state index in [1.807, 2.05) is 0 Å². The lowest BCUT2D eigenvalue weighted by atomic mass is 9.99. The summed E-state index contributed by atoms with van der Waals surface area (Å²) < 4.78 is 18.6. The molecule has 1 atom stereocenters. The van der Waals surface area contributed by atoms with Crippen LogP contribution >= 0.6 is 11.6 Å². The van der Waals surface area contributed by atoms with Gasteiger partial charge in [0, 0.05) is 5.56 Å². The highest BCUT2D eigenvalue weighted by Gasteiger charge is 2.19. The van der Waals surface area contributed by atoms with Gasteiger partial charge in [0.2, 0.25) is 0 Å². The van der Waals surface area contributed by atoms with Crippen molar-refractivity contribution in [2.75, 3.05) is 7.11 Å². The molecular formula is C15H14ClFO2. The molecule has 0 radical (unpaired) electrons. The monoisotopic (exact) mass is 280 g/mol. The standard InChI is InChI=1S/C15H14ClFO2/c1-9-6-10(8-11(17)7-9)15(18)14-12(16)4-3-5-13(14)19-2/h3-8,15,18H,1-2H3. The summed E-state index contributed by atoms with van der Waals surface area (Å²) in [6, 6.07) is 9.51. The van der Waals surface area contributed by atoms with Gasteiger partial charge in [-0.2, -0.15) is 0 Å². The smallest absolute Gasteiger partial charge is 0.126 e. The fourth-order valence-electron chi connectivity index (χ4n) is 2.05. The lowest BCUT2D eigenvalue weighted by molar-refractivity contribution is 0.214. The van der Waals surface area contributed by atoms with E-state index >= 15 is 0 Å². The molecule has 2 aromatic carbocycles. The normalized spacial score (nSPS) is 12.3. The molecule has 19 heavy (non-hydrogen) atoms. The number of aliphatic hydroxyl groups excluding tert-OH is 1. The molecule has 2 aromatic rings. The average molecular weight is 281 g/mol. The molecule has 0 spiro atoms. The summed E-state index contributed by atoms with van der Waals surface area (Å²) in [7, 11) is 1.50. The number of hydrogen-bond donors (Lipinski definition) is 1. The Kier molecular flexibility index (Phi) is 4.08. The van der Waals surface area contributed by atoms with Crippen LogP contribution in [0.3, 0.4) is 0 Å². The Bertz CT molecular complexity index is 578. The maximum atomic E-state index is 13.4. The third-order valence-corrected chi connectivity index (χ3v) is 3.22. The summed E-state index contributed by atoms with van der Waals surface area (Å²) in [5.41, 5.74) is 1.63. The number of ether oxygens (including phenoxy) is 1. The van der Waals surface area contributed by atoms with Crippen molar-refractivity contribution < 1.29 is 14.2 Å². The van der Waals surface area contributed by atoms with Crippen molar-refractivity contribution in [2.24, 2.45) is 0 Å². The van der Waals surface area contributed by atoms with Crippen molar-refractivity contribution in [1.82, 2.24) is 0 Å². The Balaban J connectivity index is 2.52. The number of methoxy groups -OCH3 is 1. The molecule has 0 heterocycles. The number of halogens is 2. The Hall–Kier alpha value is -1.58. The summed E-state index contributed by atoms with van der Waals surface area (Å²) in [6.45, 7) is 1.77. The van der Waals surface area contributed by atoms with Gasteiger partial charge < -0.3 is 9.84 Å². The quantitative estimate of drug-likeness (QED) is 0.924. The molecular weight excluding hydrogens is 267 g/mol. The first kappa shape index (κ1) is 13.8. The van der Waals surface area contributed by atoms with Gasteiger partial charge in [-0.3, -0.25) is 0 Å². The predicted octanol–water partition coefficient (Wildman–Crippen LogP) is 3.88. The van der Waals surface area contributed by atoms with E-state index in [0.29, 0.717) is 21.9 Å². The molecule has 0 aliphatic heterocycles. The molecule has 0 amide bonds. The second-order valence-corrected chi connectivity index (χ2v) is 4.73. The van der Waals surface area contributed by atoms with Crippen LogP contribution in [0.25, 0.3) is 0 Å². The van der Waals surface area contributed by atoms with Gasteiger partial charge in [-0.05, 0) is 42.3 Å².